The molecular weight excluding hydrogens is 282 g/mol. The summed E-state index contributed by atoms with van der Waals surface area (Å²) in [4.78, 5) is 23.0. The Morgan fingerprint density at radius 1 is 1.18 bits per heavy atom. The van der Waals surface area contributed by atoms with Crippen molar-refractivity contribution in [1.82, 2.24) is 0 Å². The van der Waals surface area contributed by atoms with Crippen molar-refractivity contribution in [2.75, 3.05) is 13.7 Å². The molecule has 0 aliphatic carbocycles. The molecule has 0 saturated heterocycles. The van der Waals surface area contributed by atoms with Crippen molar-refractivity contribution < 1.29 is 19.1 Å². The fraction of sp³-hybridized carbons (Fsp3) is 0.176. The number of carbonyl (C=O) groups excluding carboxylic acids is 2. The number of carbonyl (C=O) groups is 2. The lowest BCUT2D eigenvalue weighted by Gasteiger charge is -2.13. The van der Waals surface area contributed by atoms with Crippen LogP contribution >= 0.6 is 0 Å². The summed E-state index contributed by atoms with van der Waals surface area (Å²) < 4.78 is 10.6. The van der Waals surface area contributed by atoms with Crippen LogP contribution in [-0.4, -0.2) is 25.9 Å². The molecule has 2 aromatic carbocycles. The van der Waals surface area contributed by atoms with Crippen molar-refractivity contribution >= 4 is 12.3 Å². The molecule has 0 spiro atoms. The monoisotopic (exact) mass is 299 g/mol. The van der Waals surface area contributed by atoms with Gasteiger partial charge in [0.05, 0.1) is 18.6 Å². The van der Waals surface area contributed by atoms with E-state index in [1.807, 2.05) is 6.07 Å². The first kappa shape index (κ1) is 15.7. The summed E-state index contributed by atoms with van der Waals surface area (Å²) in [6.07, 6.45) is 0.782. The molecule has 0 aromatic heterocycles. The highest BCUT2D eigenvalue weighted by Crippen LogP contribution is 2.31. The van der Waals surface area contributed by atoms with Crippen LogP contribution in [0.15, 0.2) is 48.5 Å². The van der Waals surface area contributed by atoms with Crippen molar-refractivity contribution in [2.45, 2.75) is 5.92 Å². The predicted molar refractivity (Wildman–Crippen MR) is 82.3 cm³/mol. The molecular formula is C17H17NO4. The standard InChI is InChI=1S/C17H17NO4/c1-21-16-9-13(14(10-18)11-19)7-8-15(16)22-17(20)12-5-3-2-4-6-12/h2-9,11,14H,10,18H2,1H3. The van der Waals surface area contributed by atoms with Crippen molar-refractivity contribution in [3.8, 4) is 11.5 Å². The zero-order chi connectivity index (χ0) is 15.9. The van der Waals surface area contributed by atoms with Gasteiger partial charge in [-0.05, 0) is 29.8 Å². The molecule has 22 heavy (non-hydrogen) atoms. The number of rotatable bonds is 6. The smallest absolute Gasteiger partial charge is 0.343 e. The zero-order valence-corrected chi connectivity index (χ0v) is 12.2. The molecule has 0 fully saturated rings. The van der Waals surface area contributed by atoms with Gasteiger partial charge in [-0.15, -0.1) is 0 Å². The first-order chi connectivity index (χ1) is 10.7. The number of esters is 1. The third-order valence-corrected chi connectivity index (χ3v) is 3.25. The molecule has 5 heteroatoms. The Kier molecular flexibility index (Phi) is 5.27. The number of hydrogen-bond donors (Lipinski definition) is 1. The van der Waals surface area contributed by atoms with Gasteiger partial charge in [0.15, 0.2) is 11.5 Å². The van der Waals surface area contributed by atoms with Crippen molar-refractivity contribution in [1.29, 1.82) is 0 Å². The molecule has 1 atom stereocenters. The molecule has 2 N–H and O–H groups in total. The van der Waals surface area contributed by atoms with Gasteiger partial charge in [0.1, 0.15) is 6.29 Å². The van der Waals surface area contributed by atoms with Gasteiger partial charge in [-0.25, -0.2) is 4.79 Å². The van der Waals surface area contributed by atoms with Gasteiger partial charge in [-0.2, -0.15) is 0 Å². The number of ether oxygens (including phenoxy) is 2. The van der Waals surface area contributed by atoms with Gasteiger partial charge in [-0.3, -0.25) is 0 Å². The number of hydrogen-bond acceptors (Lipinski definition) is 5. The van der Waals surface area contributed by atoms with Gasteiger partial charge in [-0.1, -0.05) is 24.3 Å². The van der Waals surface area contributed by atoms with E-state index in [2.05, 4.69) is 0 Å². The molecule has 0 amide bonds. The third kappa shape index (κ3) is 3.51. The normalized spacial score (nSPS) is 11.5. The first-order valence-electron chi connectivity index (χ1n) is 6.80. The van der Waals surface area contributed by atoms with Crippen LogP contribution in [0.5, 0.6) is 11.5 Å². The Labute approximate surface area is 128 Å². The second-order valence-corrected chi connectivity index (χ2v) is 4.64. The highest BCUT2D eigenvalue weighted by atomic mass is 16.6. The highest BCUT2D eigenvalue weighted by molar-refractivity contribution is 5.91. The van der Waals surface area contributed by atoms with E-state index in [4.69, 9.17) is 15.2 Å². The van der Waals surface area contributed by atoms with E-state index in [1.54, 1.807) is 42.5 Å². The molecule has 0 aliphatic rings. The minimum absolute atomic E-state index is 0.204. The lowest BCUT2D eigenvalue weighted by molar-refractivity contribution is -0.108. The number of methoxy groups -OCH3 is 1. The largest absolute Gasteiger partial charge is 0.493 e. The lowest BCUT2D eigenvalue weighted by atomic mass is 10.0. The summed E-state index contributed by atoms with van der Waals surface area (Å²) in [7, 11) is 1.47. The molecule has 114 valence electrons. The van der Waals surface area contributed by atoms with Gasteiger partial charge in [0, 0.05) is 6.54 Å². The Hall–Kier alpha value is -2.66. The average Bonchev–Trinajstić information content (AvgIpc) is 2.57. The second-order valence-electron chi connectivity index (χ2n) is 4.64. The fourth-order valence-electron chi connectivity index (χ4n) is 2.00. The molecule has 0 saturated carbocycles. The lowest BCUT2D eigenvalue weighted by Crippen LogP contribution is -2.14. The molecule has 2 aromatic rings. The van der Waals surface area contributed by atoms with Crippen LogP contribution in [0.2, 0.25) is 0 Å². The molecule has 0 radical (unpaired) electrons. The van der Waals surface area contributed by atoms with Gasteiger partial charge < -0.3 is 20.0 Å². The maximum absolute atomic E-state index is 12.1. The van der Waals surface area contributed by atoms with E-state index < -0.39 is 11.9 Å². The summed E-state index contributed by atoms with van der Waals surface area (Å²) in [5, 5.41) is 0. The van der Waals surface area contributed by atoms with Crippen LogP contribution < -0.4 is 15.2 Å². The maximum atomic E-state index is 12.1. The molecule has 0 bridgehead atoms. The van der Waals surface area contributed by atoms with Crippen molar-refractivity contribution in [2.24, 2.45) is 5.73 Å². The molecule has 5 nitrogen and oxygen atoms in total. The number of aldehydes is 1. The Balaban J connectivity index is 2.24. The second kappa shape index (κ2) is 7.38. The van der Waals surface area contributed by atoms with E-state index >= 15 is 0 Å². The van der Waals surface area contributed by atoms with Crippen LogP contribution in [0.1, 0.15) is 21.8 Å². The molecule has 1 unspecified atom stereocenters. The molecule has 0 heterocycles. The average molecular weight is 299 g/mol. The van der Waals surface area contributed by atoms with E-state index in [1.165, 1.54) is 7.11 Å². The van der Waals surface area contributed by atoms with E-state index in [0.717, 1.165) is 6.29 Å². The maximum Gasteiger partial charge on any atom is 0.343 e. The number of nitrogens with two attached hydrogens (primary N) is 1. The zero-order valence-electron chi connectivity index (χ0n) is 12.2. The summed E-state index contributed by atoms with van der Waals surface area (Å²) in [6, 6.07) is 13.6. The van der Waals surface area contributed by atoms with Crippen LogP contribution in [0.25, 0.3) is 0 Å². The van der Waals surface area contributed by atoms with Gasteiger partial charge in [0.25, 0.3) is 0 Å². The fourth-order valence-corrected chi connectivity index (χ4v) is 2.00. The molecule has 2 rings (SSSR count). The van der Waals surface area contributed by atoms with Crippen LogP contribution in [0.4, 0.5) is 0 Å². The van der Waals surface area contributed by atoms with E-state index in [0.29, 0.717) is 22.6 Å². The number of benzene rings is 2. The Bertz CT molecular complexity index is 655. The van der Waals surface area contributed by atoms with Crippen molar-refractivity contribution in [3.63, 3.8) is 0 Å². The first-order valence-corrected chi connectivity index (χ1v) is 6.80. The topological polar surface area (TPSA) is 78.6 Å². The minimum atomic E-state index is -0.475. The predicted octanol–water partition coefficient (Wildman–Crippen LogP) is 2.16. The summed E-state index contributed by atoms with van der Waals surface area (Å²) in [6.45, 7) is 0.204. The van der Waals surface area contributed by atoms with Gasteiger partial charge >= 0.3 is 5.97 Å². The van der Waals surface area contributed by atoms with Crippen molar-refractivity contribution in [3.05, 3.63) is 59.7 Å². The summed E-state index contributed by atoms with van der Waals surface area (Å²) in [5.74, 6) is -0.214. The summed E-state index contributed by atoms with van der Waals surface area (Å²) >= 11 is 0. The quantitative estimate of drug-likeness (QED) is 0.502. The summed E-state index contributed by atoms with van der Waals surface area (Å²) in [5.41, 5.74) is 6.71. The van der Waals surface area contributed by atoms with Gasteiger partial charge in [0.2, 0.25) is 0 Å². The van der Waals surface area contributed by atoms with E-state index in [9.17, 15) is 9.59 Å². The van der Waals surface area contributed by atoms with Crippen LogP contribution in [0.3, 0.4) is 0 Å². The SMILES string of the molecule is COc1cc(C(C=O)CN)ccc1OC(=O)c1ccccc1. The Morgan fingerprint density at radius 3 is 2.50 bits per heavy atom. The van der Waals surface area contributed by atoms with E-state index in [-0.39, 0.29) is 6.54 Å². The Morgan fingerprint density at radius 2 is 1.91 bits per heavy atom. The van der Waals surface area contributed by atoms with Crippen LogP contribution in [-0.2, 0) is 4.79 Å². The minimum Gasteiger partial charge on any atom is -0.493 e. The molecule has 0 aliphatic heterocycles. The highest BCUT2D eigenvalue weighted by Gasteiger charge is 2.15. The third-order valence-electron chi connectivity index (χ3n) is 3.25. The van der Waals surface area contributed by atoms with Crippen LogP contribution in [0, 0.1) is 0 Å².